The Balaban J connectivity index is 1.51. The van der Waals surface area contributed by atoms with Crippen molar-refractivity contribution >= 4 is 44.7 Å². The molecular formula is C26H26ClF3N5O5Si. The van der Waals surface area contributed by atoms with Crippen molar-refractivity contribution in [3.63, 3.8) is 0 Å². The van der Waals surface area contributed by atoms with Crippen molar-refractivity contribution in [1.29, 1.82) is 0 Å². The topological polar surface area (TPSA) is 120 Å². The molecule has 3 aromatic rings. The molecular weight excluding hydrogens is 583 g/mol. The zero-order valence-corrected chi connectivity index (χ0v) is 24.0. The maximum Gasteiger partial charge on any atom is 0.415 e. The van der Waals surface area contributed by atoms with Gasteiger partial charge in [0.1, 0.15) is 18.2 Å². The maximum atomic E-state index is 13.2. The van der Waals surface area contributed by atoms with Gasteiger partial charge in [0.15, 0.2) is 0 Å². The van der Waals surface area contributed by atoms with E-state index in [-0.39, 0.29) is 31.0 Å². The normalized spacial score (nSPS) is 19.9. The van der Waals surface area contributed by atoms with Gasteiger partial charge in [-0.15, -0.1) is 5.10 Å². The average molecular weight is 609 g/mol. The van der Waals surface area contributed by atoms with Crippen molar-refractivity contribution in [3.05, 3.63) is 59.1 Å². The quantitative estimate of drug-likeness (QED) is 0.302. The van der Waals surface area contributed by atoms with E-state index in [4.69, 9.17) is 25.5 Å². The van der Waals surface area contributed by atoms with Gasteiger partial charge >= 0.3 is 18.3 Å². The van der Waals surface area contributed by atoms with Gasteiger partial charge in [-0.2, -0.15) is 13.2 Å². The SMILES string of the molecule is CC(C)(C)OC(=O)N1C[C@]([Si])(NC(=O)c2cnc3cc(Cl)ccc3c2)CC[C@@H]1c1nnc(OC/C=C/C(F)(F)F)o1. The lowest BCUT2D eigenvalue weighted by Gasteiger charge is -2.44. The van der Waals surface area contributed by atoms with E-state index in [2.05, 4.69) is 30.7 Å². The smallest absolute Gasteiger partial charge is 0.415 e. The van der Waals surface area contributed by atoms with E-state index in [1.807, 2.05) is 0 Å². The Labute approximate surface area is 241 Å². The number of carbonyl (C=O) groups excluding carboxylic acids is 2. The minimum absolute atomic E-state index is 0.00286. The molecule has 1 saturated heterocycles. The summed E-state index contributed by atoms with van der Waals surface area (Å²) in [6.07, 6.45) is -2.71. The predicted octanol–water partition coefficient (Wildman–Crippen LogP) is 5.14. The first kappa shape index (κ1) is 30.3. The van der Waals surface area contributed by atoms with Gasteiger partial charge in [0.05, 0.1) is 21.3 Å². The monoisotopic (exact) mass is 608 g/mol. The van der Waals surface area contributed by atoms with Crippen molar-refractivity contribution in [3.8, 4) is 6.08 Å². The Hall–Kier alpha value is -3.65. The summed E-state index contributed by atoms with van der Waals surface area (Å²) in [5.74, 6) is -0.421. The first-order valence-electron chi connectivity index (χ1n) is 12.4. The molecule has 1 aromatic carbocycles. The molecule has 10 nitrogen and oxygen atoms in total. The summed E-state index contributed by atoms with van der Waals surface area (Å²) in [6, 6.07) is 6.08. The largest absolute Gasteiger partial charge is 0.445 e. The summed E-state index contributed by atoms with van der Waals surface area (Å²) in [5, 5.41) is 10.8. The highest BCUT2D eigenvalue weighted by atomic mass is 35.5. The Bertz CT molecular complexity index is 1460. The lowest BCUT2D eigenvalue weighted by atomic mass is 9.97. The predicted molar refractivity (Wildman–Crippen MR) is 143 cm³/mol. The van der Waals surface area contributed by atoms with Crippen molar-refractivity contribution < 1.29 is 36.7 Å². The third-order valence-electron chi connectivity index (χ3n) is 5.87. The Morgan fingerprint density at radius 1 is 1.27 bits per heavy atom. The van der Waals surface area contributed by atoms with E-state index in [0.29, 0.717) is 22.5 Å². The number of alkyl halides is 3. The number of likely N-dealkylation sites (tertiary alicyclic amines) is 1. The van der Waals surface area contributed by atoms with Gasteiger partial charge in [-0.05, 0) is 57.9 Å². The average Bonchev–Trinajstić information content (AvgIpc) is 3.33. The van der Waals surface area contributed by atoms with E-state index in [1.165, 1.54) is 11.1 Å². The minimum atomic E-state index is -4.48. The molecule has 1 aliphatic heterocycles. The van der Waals surface area contributed by atoms with Crippen LogP contribution in [0.1, 0.15) is 55.9 Å². The first-order valence-corrected chi connectivity index (χ1v) is 13.3. The highest BCUT2D eigenvalue weighted by molar-refractivity contribution is 6.31. The summed E-state index contributed by atoms with van der Waals surface area (Å²) in [6.45, 7) is 4.63. The number of ether oxygens (including phenoxy) is 2. The summed E-state index contributed by atoms with van der Waals surface area (Å²) < 4.78 is 53.1. The molecule has 2 aromatic heterocycles. The van der Waals surface area contributed by atoms with Crippen molar-refractivity contribution in [2.24, 2.45) is 0 Å². The van der Waals surface area contributed by atoms with Crippen molar-refractivity contribution in [2.45, 2.75) is 56.6 Å². The van der Waals surface area contributed by atoms with Crippen LogP contribution >= 0.6 is 11.6 Å². The number of amides is 2. The second-order valence-electron chi connectivity index (χ2n) is 10.4. The zero-order valence-electron chi connectivity index (χ0n) is 22.3. The van der Waals surface area contributed by atoms with E-state index in [1.54, 1.807) is 45.0 Å². The number of hydrogen-bond acceptors (Lipinski definition) is 8. The third kappa shape index (κ3) is 8.19. The van der Waals surface area contributed by atoms with Crippen LogP contribution in [-0.4, -0.2) is 72.4 Å². The number of nitrogens with zero attached hydrogens (tertiary/aromatic N) is 4. The lowest BCUT2D eigenvalue weighted by Crippen LogP contribution is -2.61. The molecule has 15 heteroatoms. The van der Waals surface area contributed by atoms with Crippen LogP contribution in [-0.2, 0) is 4.74 Å². The molecule has 217 valence electrons. The number of piperidine rings is 1. The van der Waals surface area contributed by atoms with Gasteiger partial charge in [0.25, 0.3) is 5.91 Å². The van der Waals surface area contributed by atoms with Crippen LogP contribution in [0.5, 0.6) is 6.08 Å². The van der Waals surface area contributed by atoms with Crippen LogP contribution in [0.2, 0.25) is 5.02 Å². The molecule has 0 unspecified atom stereocenters. The molecule has 4 rings (SSSR count). The van der Waals surface area contributed by atoms with E-state index >= 15 is 0 Å². The summed E-state index contributed by atoms with van der Waals surface area (Å²) in [5.41, 5.74) is 0.115. The first-order chi connectivity index (χ1) is 19.1. The molecule has 1 aliphatic rings. The van der Waals surface area contributed by atoms with Gasteiger partial charge in [0.2, 0.25) is 5.89 Å². The van der Waals surface area contributed by atoms with E-state index < -0.39 is 41.6 Å². The lowest BCUT2D eigenvalue weighted by molar-refractivity contribution is -0.0802. The fraction of sp³-hybridized carbons (Fsp3) is 0.423. The Morgan fingerprint density at radius 3 is 2.73 bits per heavy atom. The zero-order chi connectivity index (χ0) is 30.0. The molecule has 3 radical (unpaired) electrons. The van der Waals surface area contributed by atoms with E-state index in [0.717, 1.165) is 11.5 Å². The Kier molecular flexibility index (Phi) is 8.64. The highest BCUT2D eigenvalue weighted by Gasteiger charge is 2.44. The summed E-state index contributed by atoms with van der Waals surface area (Å²) in [4.78, 5) is 32.1. The molecule has 41 heavy (non-hydrogen) atoms. The molecule has 1 fully saturated rings. The van der Waals surface area contributed by atoms with Gasteiger partial charge in [-0.25, -0.2) is 4.79 Å². The third-order valence-corrected chi connectivity index (χ3v) is 6.64. The number of carbonyl (C=O) groups is 2. The Morgan fingerprint density at radius 2 is 2.02 bits per heavy atom. The van der Waals surface area contributed by atoms with Crippen molar-refractivity contribution in [2.75, 3.05) is 13.2 Å². The molecule has 2 atom stereocenters. The van der Waals surface area contributed by atoms with Crippen LogP contribution < -0.4 is 10.1 Å². The van der Waals surface area contributed by atoms with Crippen LogP contribution in [0.25, 0.3) is 10.9 Å². The number of allylic oxidation sites excluding steroid dienone is 1. The van der Waals surface area contributed by atoms with Crippen LogP contribution in [0.15, 0.2) is 47.0 Å². The number of benzene rings is 1. The van der Waals surface area contributed by atoms with Gasteiger partial charge in [0, 0.05) is 34.4 Å². The summed E-state index contributed by atoms with van der Waals surface area (Å²) in [7, 11) is 3.66. The van der Waals surface area contributed by atoms with Gasteiger partial charge < -0.3 is 19.2 Å². The molecule has 3 heterocycles. The molecule has 1 N–H and O–H groups in total. The van der Waals surface area contributed by atoms with Gasteiger partial charge in [-0.3, -0.25) is 14.7 Å². The number of halogens is 4. The van der Waals surface area contributed by atoms with Crippen LogP contribution in [0, 0.1) is 0 Å². The number of pyridine rings is 1. The molecule has 0 bridgehead atoms. The molecule has 2 amide bonds. The fourth-order valence-corrected chi connectivity index (χ4v) is 4.71. The number of hydrogen-bond donors (Lipinski definition) is 1. The number of fused-ring (bicyclic) bond motifs is 1. The number of nitrogens with one attached hydrogen (secondary N) is 1. The van der Waals surface area contributed by atoms with Crippen LogP contribution in [0.4, 0.5) is 18.0 Å². The number of aromatic nitrogens is 3. The van der Waals surface area contributed by atoms with Crippen molar-refractivity contribution in [1.82, 2.24) is 25.4 Å². The second-order valence-corrected chi connectivity index (χ2v) is 11.8. The molecule has 0 saturated carbocycles. The maximum absolute atomic E-state index is 13.2. The summed E-state index contributed by atoms with van der Waals surface area (Å²) >= 11 is 6.02. The van der Waals surface area contributed by atoms with Gasteiger partial charge in [-0.1, -0.05) is 22.8 Å². The van der Waals surface area contributed by atoms with Crippen LogP contribution in [0.3, 0.4) is 0 Å². The molecule has 0 aliphatic carbocycles. The number of rotatable bonds is 6. The fourth-order valence-electron chi connectivity index (χ4n) is 4.11. The second kappa shape index (κ2) is 11.7. The minimum Gasteiger partial charge on any atom is -0.445 e. The standard InChI is InChI=1S/C26H26ClF3N5O5Si/c1-24(2,3)40-23(37)35-14-25(41,32-20(36)16-11-15-5-6-17(27)12-18(15)31-13-16)9-7-19(35)21-33-34-22(39-21)38-10-4-8-26(28,29)30/h4-6,8,11-13,19H,7,9-10,14H2,1-3H3,(H,32,36)/b8-4+/t19-,25+/m1/s1. The highest BCUT2D eigenvalue weighted by Crippen LogP contribution is 2.36. The van der Waals surface area contributed by atoms with E-state index in [9.17, 15) is 22.8 Å². The molecule has 0 spiro atoms.